The number of aromatic nitrogens is 1. The number of nitrogens with one attached hydrogen (secondary N) is 1. The van der Waals surface area contributed by atoms with E-state index in [1.54, 1.807) is 0 Å². The minimum atomic E-state index is 0.0869. The molecule has 1 aliphatic heterocycles. The summed E-state index contributed by atoms with van der Waals surface area (Å²) in [5.41, 5.74) is 14.4. The van der Waals surface area contributed by atoms with Crippen LogP contribution in [0.3, 0.4) is 0 Å². The van der Waals surface area contributed by atoms with Gasteiger partial charge in [-0.3, -0.25) is 0 Å². The van der Waals surface area contributed by atoms with Crippen LogP contribution in [0.4, 0.5) is 11.4 Å². The molecule has 0 unspecified atom stereocenters. The molecule has 0 atom stereocenters. The molecular weight excluding hydrogens is 744 g/mol. The summed E-state index contributed by atoms with van der Waals surface area (Å²) in [5.74, 6) is 0. The maximum atomic E-state index is 6.51. The fourth-order valence-corrected chi connectivity index (χ4v) is 12.0. The lowest BCUT2D eigenvalue weighted by Gasteiger charge is -2.24. The molecule has 4 aromatic heterocycles. The van der Waals surface area contributed by atoms with Gasteiger partial charge in [0, 0.05) is 90.0 Å². The molecule has 6 heteroatoms. The standard InChI is InChI=1S/C52H35BN2OS2/c1-52(2,3)28-16-18-29(19-17-28)54-41-27-49-38(31-11-5-8-14-46(31)58-49)22-35(41)33-20-21-34-36-25-45-37(30-10-4-7-13-44(30)56-45)23-42(36)55-43-24-39-32-12-6-9-15-47(32)57-48(39)26-40(43)53-50(33)51(34)55/h4-27,53-54H,1-3H3. The number of anilines is 2. The van der Waals surface area contributed by atoms with E-state index in [9.17, 15) is 0 Å². The normalized spacial score (nSPS) is 12.9. The Labute approximate surface area is 343 Å². The predicted molar refractivity (Wildman–Crippen MR) is 254 cm³/mol. The summed E-state index contributed by atoms with van der Waals surface area (Å²) in [6.45, 7) is 6.81. The van der Waals surface area contributed by atoms with Crippen molar-refractivity contribution in [1.29, 1.82) is 0 Å². The maximum absolute atomic E-state index is 6.51. The molecule has 13 rings (SSSR count). The Hall–Kier alpha value is -6.34. The number of furan rings is 1. The number of para-hydroxylation sites is 1. The summed E-state index contributed by atoms with van der Waals surface area (Å²) in [7, 11) is 0.837. The van der Waals surface area contributed by atoms with Crippen molar-refractivity contribution in [1.82, 2.24) is 4.57 Å². The Kier molecular flexibility index (Phi) is 6.56. The predicted octanol–water partition coefficient (Wildman–Crippen LogP) is 13.8. The van der Waals surface area contributed by atoms with Crippen molar-refractivity contribution in [3.05, 3.63) is 151 Å². The second kappa shape index (κ2) is 11.6. The zero-order chi connectivity index (χ0) is 38.4. The van der Waals surface area contributed by atoms with Crippen molar-refractivity contribution in [2.45, 2.75) is 26.2 Å². The molecule has 0 fully saturated rings. The first-order valence-corrected chi connectivity index (χ1v) is 21.7. The van der Waals surface area contributed by atoms with E-state index in [-0.39, 0.29) is 5.41 Å². The topological polar surface area (TPSA) is 30.1 Å². The minimum Gasteiger partial charge on any atom is -0.456 e. The van der Waals surface area contributed by atoms with Crippen LogP contribution in [-0.2, 0) is 5.41 Å². The highest BCUT2D eigenvalue weighted by atomic mass is 32.1. The highest BCUT2D eigenvalue weighted by Crippen LogP contribution is 2.45. The second-order valence-corrected chi connectivity index (χ2v) is 19.2. The Morgan fingerprint density at radius 1 is 0.534 bits per heavy atom. The Morgan fingerprint density at radius 2 is 1.22 bits per heavy atom. The van der Waals surface area contributed by atoms with Gasteiger partial charge >= 0.3 is 0 Å². The lowest BCUT2D eigenvalue weighted by Crippen LogP contribution is -2.37. The summed E-state index contributed by atoms with van der Waals surface area (Å²) in [6, 6.07) is 54.3. The van der Waals surface area contributed by atoms with Gasteiger partial charge in [0.25, 0.3) is 0 Å². The highest BCUT2D eigenvalue weighted by Gasteiger charge is 2.29. The van der Waals surface area contributed by atoms with E-state index in [1.165, 1.54) is 95.5 Å². The first-order valence-electron chi connectivity index (χ1n) is 20.0. The Morgan fingerprint density at radius 3 is 1.98 bits per heavy atom. The molecule has 5 heterocycles. The van der Waals surface area contributed by atoms with Crippen molar-refractivity contribution >= 4 is 136 Å². The number of thiophene rings is 2. The lowest BCUT2D eigenvalue weighted by atomic mass is 9.59. The van der Waals surface area contributed by atoms with Crippen molar-refractivity contribution in [3.63, 3.8) is 0 Å². The maximum Gasteiger partial charge on any atom is 0.198 e. The van der Waals surface area contributed by atoms with Gasteiger partial charge in [0.15, 0.2) is 7.28 Å². The quantitative estimate of drug-likeness (QED) is 0.181. The molecule has 0 spiro atoms. The molecule has 12 aromatic rings. The molecule has 3 nitrogen and oxygen atoms in total. The summed E-state index contributed by atoms with van der Waals surface area (Å²) < 4.78 is 14.3. The number of benzene rings is 8. The first kappa shape index (κ1) is 32.7. The van der Waals surface area contributed by atoms with Crippen LogP contribution >= 0.6 is 22.7 Å². The average Bonchev–Trinajstić information content (AvgIpc) is 3.98. The SMILES string of the molecule is CC(C)(C)c1ccc(Nc2cc3sc4ccccc4c3cc2-c2ccc3c4cc5oc6ccccc6c5cc4n4c3c2Bc2cc3sc5ccccc5c3cc2-4)cc1. The van der Waals surface area contributed by atoms with Crippen LogP contribution < -0.4 is 16.2 Å². The monoisotopic (exact) mass is 778 g/mol. The van der Waals surface area contributed by atoms with Crippen molar-refractivity contribution in [3.8, 4) is 16.8 Å². The lowest BCUT2D eigenvalue weighted by molar-refractivity contribution is 0.590. The van der Waals surface area contributed by atoms with E-state index in [0.717, 1.165) is 40.6 Å². The number of rotatable bonds is 3. The summed E-state index contributed by atoms with van der Waals surface area (Å²) in [5, 5.41) is 13.9. The third kappa shape index (κ3) is 4.61. The molecule has 0 saturated heterocycles. The third-order valence-corrected chi connectivity index (χ3v) is 14.8. The average molecular weight is 779 g/mol. The van der Waals surface area contributed by atoms with E-state index < -0.39 is 0 Å². The Balaban J connectivity index is 1.12. The number of hydrogen-bond donors (Lipinski definition) is 1. The van der Waals surface area contributed by atoms with Crippen molar-refractivity contribution in [2.75, 3.05) is 5.32 Å². The van der Waals surface area contributed by atoms with Gasteiger partial charge in [0.2, 0.25) is 0 Å². The van der Waals surface area contributed by atoms with Gasteiger partial charge in [-0.15, -0.1) is 22.7 Å². The van der Waals surface area contributed by atoms with Crippen molar-refractivity contribution < 1.29 is 4.42 Å². The van der Waals surface area contributed by atoms with Crippen LogP contribution in [0.1, 0.15) is 26.3 Å². The van der Waals surface area contributed by atoms with Gasteiger partial charge < -0.3 is 14.3 Å². The Bertz CT molecular complexity index is 3720. The van der Waals surface area contributed by atoms with Crippen LogP contribution in [-0.4, -0.2) is 11.8 Å². The van der Waals surface area contributed by atoms with E-state index >= 15 is 0 Å². The molecule has 58 heavy (non-hydrogen) atoms. The zero-order valence-electron chi connectivity index (χ0n) is 32.2. The zero-order valence-corrected chi connectivity index (χ0v) is 33.9. The van der Waals surface area contributed by atoms with E-state index in [1.807, 2.05) is 22.7 Å². The summed E-state index contributed by atoms with van der Waals surface area (Å²) in [4.78, 5) is 0. The van der Waals surface area contributed by atoms with Gasteiger partial charge in [0.1, 0.15) is 11.2 Å². The molecule has 0 saturated carbocycles. The minimum absolute atomic E-state index is 0.0869. The van der Waals surface area contributed by atoms with Gasteiger partial charge in [0.05, 0.1) is 5.52 Å². The molecule has 274 valence electrons. The molecule has 0 amide bonds. The molecule has 1 aliphatic rings. The first-order chi connectivity index (χ1) is 28.3. The highest BCUT2D eigenvalue weighted by molar-refractivity contribution is 7.26. The van der Waals surface area contributed by atoms with E-state index in [2.05, 4.69) is 176 Å². The summed E-state index contributed by atoms with van der Waals surface area (Å²) in [6.07, 6.45) is 0. The van der Waals surface area contributed by atoms with Crippen LogP contribution in [0.15, 0.2) is 150 Å². The second-order valence-electron chi connectivity index (χ2n) is 17.0. The van der Waals surface area contributed by atoms with Gasteiger partial charge in [-0.2, -0.15) is 0 Å². The smallest absolute Gasteiger partial charge is 0.198 e. The summed E-state index contributed by atoms with van der Waals surface area (Å²) >= 11 is 3.77. The largest absolute Gasteiger partial charge is 0.456 e. The fraction of sp³-hybridized carbons (Fsp3) is 0.0769. The van der Waals surface area contributed by atoms with E-state index in [0.29, 0.717) is 0 Å². The third-order valence-electron chi connectivity index (χ3n) is 12.6. The van der Waals surface area contributed by atoms with Crippen LogP contribution in [0, 0.1) is 0 Å². The van der Waals surface area contributed by atoms with Gasteiger partial charge in [-0.25, -0.2) is 0 Å². The van der Waals surface area contributed by atoms with Crippen LogP contribution in [0.25, 0.3) is 101 Å². The van der Waals surface area contributed by atoms with Crippen LogP contribution in [0.5, 0.6) is 0 Å². The number of hydrogen-bond acceptors (Lipinski definition) is 4. The van der Waals surface area contributed by atoms with Crippen molar-refractivity contribution in [2.24, 2.45) is 0 Å². The number of nitrogens with zero attached hydrogens (tertiary/aromatic N) is 1. The molecular formula is C52H35BN2OS2. The molecule has 0 aliphatic carbocycles. The molecule has 0 radical (unpaired) electrons. The number of fused-ring (bicyclic) bond motifs is 14. The molecule has 1 N–H and O–H groups in total. The van der Waals surface area contributed by atoms with E-state index in [4.69, 9.17) is 4.42 Å². The van der Waals surface area contributed by atoms with Crippen LogP contribution in [0.2, 0.25) is 0 Å². The molecule has 8 aromatic carbocycles. The fourth-order valence-electron chi connectivity index (χ4n) is 9.72. The molecule has 0 bridgehead atoms. The van der Waals surface area contributed by atoms with Gasteiger partial charge in [-0.1, -0.05) is 105 Å². The van der Waals surface area contributed by atoms with Gasteiger partial charge in [-0.05, 0) is 88.7 Å².